The largest absolute Gasteiger partial charge is 0.466 e. The van der Waals surface area contributed by atoms with Crippen LogP contribution >= 0.6 is 0 Å². The number of benzene rings is 1. The van der Waals surface area contributed by atoms with Gasteiger partial charge < -0.3 is 14.3 Å². The SMILES string of the molecule is Cc1cc(C(=O)NNC(=O)NCCCn2cnc3ccccc32)c(C)o1. The number of amides is 3. The van der Waals surface area contributed by atoms with Gasteiger partial charge in [0, 0.05) is 13.1 Å². The summed E-state index contributed by atoms with van der Waals surface area (Å²) in [5, 5.41) is 2.70. The number of hydrogen-bond acceptors (Lipinski definition) is 4. The van der Waals surface area contributed by atoms with Crippen LogP contribution in [0.2, 0.25) is 0 Å². The van der Waals surface area contributed by atoms with E-state index in [0.717, 1.165) is 24.0 Å². The molecule has 0 radical (unpaired) electrons. The van der Waals surface area contributed by atoms with Gasteiger partial charge in [-0.3, -0.25) is 10.2 Å². The number of hydrogen-bond donors (Lipinski definition) is 3. The van der Waals surface area contributed by atoms with Gasteiger partial charge in [0.1, 0.15) is 11.5 Å². The molecule has 0 unspecified atom stereocenters. The minimum absolute atomic E-state index is 0.398. The standard InChI is InChI=1S/C18H21N5O3/c1-12-10-14(13(2)26-12)17(24)21-22-18(25)19-8-5-9-23-11-20-15-6-3-4-7-16(15)23/h3-4,6-7,10-11H,5,8-9H2,1-2H3,(H,21,24)(H2,19,22,25). The second-order valence-corrected chi connectivity index (χ2v) is 5.94. The maximum Gasteiger partial charge on any atom is 0.333 e. The fourth-order valence-corrected chi connectivity index (χ4v) is 2.72. The van der Waals surface area contributed by atoms with Gasteiger partial charge >= 0.3 is 6.03 Å². The Kier molecular flexibility index (Phi) is 5.21. The summed E-state index contributed by atoms with van der Waals surface area (Å²) in [5.74, 6) is 0.735. The van der Waals surface area contributed by atoms with E-state index < -0.39 is 11.9 Å². The Balaban J connectivity index is 1.39. The summed E-state index contributed by atoms with van der Waals surface area (Å²) in [4.78, 5) is 28.1. The van der Waals surface area contributed by atoms with E-state index in [9.17, 15) is 9.59 Å². The lowest BCUT2D eigenvalue weighted by Gasteiger charge is -2.09. The fraction of sp³-hybridized carbons (Fsp3) is 0.278. The number of aryl methyl sites for hydroxylation is 3. The first-order chi connectivity index (χ1) is 12.5. The van der Waals surface area contributed by atoms with E-state index in [1.807, 2.05) is 28.8 Å². The number of imidazole rings is 1. The van der Waals surface area contributed by atoms with Crippen LogP contribution < -0.4 is 16.2 Å². The molecular formula is C18H21N5O3. The lowest BCUT2D eigenvalue weighted by Crippen LogP contribution is -2.47. The highest BCUT2D eigenvalue weighted by Crippen LogP contribution is 2.13. The van der Waals surface area contributed by atoms with Gasteiger partial charge in [-0.1, -0.05) is 12.1 Å². The summed E-state index contributed by atoms with van der Waals surface area (Å²) < 4.78 is 7.33. The van der Waals surface area contributed by atoms with Gasteiger partial charge in [0.15, 0.2) is 0 Å². The highest BCUT2D eigenvalue weighted by molar-refractivity contribution is 5.96. The molecule has 136 valence electrons. The van der Waals surface area contributed by atoms with Crippen molar-refractivity contribution in [2.24, 2.45) is 0 Å². The van der Waals surface area contributed by atoms with Crippen LogP contribution in [0.15, 0.2) is 41.1 Å². The zero-order valence-corrected chi connectivity index (χ0v) is 14.7. The van der Waals surface area contributed by atoms with E-state index >= 15 is 0 Å². The van der Waals surface area contributed by atoms with Crippen LogP contribution in [0.4, 0.5) is 4.79 Å². The van der Waals surface area contributed by atoms with Crippen LogP contribution in [0, 0.1) is 13.8 Å². The Hall–Kier alpha value is -3.29. The van der Waals surface area contributed by atoms with E-state index in [2.05, 4.69) is 21.2 Å². The number of nitrogens with zero attached hydrogens (tertiary/aromatic N) is 2. The lowest BCUT2D eigenvalue weighted by molar-refractivity contribution is 0.0934. The Bertz CT molecular complexity index is 928. The molecule has 0 aliphatic rings. The molecule has 8 heteroatoms. The molecule has 26 heavy (non-hydrogen) atoms. The Morgan fingerprint density at radius 2 is 2.00 bits per heavy atom. The van der Waals surface area contributed by atoms with Crippen molar-refractivity contribution in [3.05, 3.63) is 53.7 Å². The second-order valence-electron chi connectivity index (χ2n) is 5.94. The van der Waals surface area contributed by atoms with Crippen molar-refractivity contribution < 1.29 is 14.0 Å². The summed E-state index contributed by atoms with van der Waals surface area (Å²) in [7, 11) is 0. The van der Waals surface area contributed by atoms with Gasteiger partial charge in [-0.25, -0.2) is 15.2 Å². The fourth-order valence-electron chi connectivity index (χ4n) is 2.72. The molecule has 3 N–H and O–H groups in total. The van der Waals surface area contributed by atoms with Crippen LogP contribution in [-0.2, 0) is 6.54 Å². The quantitative estimate of drug-likeness (QED) is 0.483. The average Bonchev–Trinajstić information content (AvgIpc) is 3.19. The normalized spacial score (nSPS) is 10.7. The first-order valence-electron chi connectivity index (χ1n) is 8.35. The Morgan fingerprint density at radius 3 is 2.77 bits per heavy atom. The summed E-state index contributed by atoms with van der Waals surface area (Å²) in [6, 6.07) is 9.05. The topological polar surface area (TPSA) is 101 Å². The van der Waals surface area contributed by atoms with E-state index in [0.29, 0.717) is 23.6 Å². The molecule has 0 saturated carbocycles. The molecular weight excluding hydrogens is 334 g/mol. The molecule has 0 bridgehead atoms. The summed E-state index contributed by atoms with van der Waals surface area (Å²) in [5.41, 5.74) is 7.10. The number of aromatic nitrogens is 2. The van der Waals surface area contributed by atoms with Crippen LogP contribution in [0.25, 0.3) is 11.0 Å². The number of carbonyl (C=O) groups excluding carboxylic acids is 2. The first kappa shape index (κ1) is 17.5. The van der Waals surface area contributed by atoms with Gasteiger partial charge in [0.05, 0.1) is 22.9 Å². The third kappa shape index (κ3) is 4.02. The number of urea groups is 1. The maximum atomic E-state index is 12.0. The number of rotatable bonds is 5. The number of hydrazine groups is 1. The van der Waals surface area contributed by atoms with Crippen molar-refractivity contribution in [1.82, 2.24) is 25.7 Å². The molecule has 2 heterocycles. The lowest BCUT2D eigenvalue weighted by atomic mass is 10.2. The number of furan rings is 1. The average molecular weight is 355 g/mol. The minimum atomic E-state index is -0.466. The molecule has 0 spiro atoms. The van der Waals surface area contributed by atoms with E-state index in [1.165, 1.54) is 0 Å². The van der Waals surface area contributed by atoms with Crippen molar-refractivity contribution in [3.63, 3.8) is 0 Å². The Labute approximate surface area is 150 Å². The molecule has 0 aliphatic heterocycles. The van der Waals surface area contributed by atoms with E-state index in [-0.39, 0.29) is 0 Å². The zero-order chi connectivity index (χ0) is 18.5. The molecule has 0 fully saturated rings. The Morgan fingerprint density at radius 1 is 1.19 bits per heavy atom. The summed E-state index contributed by atoms with van der Waals surface area (Å²) in [6.45, 7) is 4.66. The van der Waals surface area contributed by atoms with Gasteiger partial charge in [-0.15, -0.1) is 0 Å². The van der Waals surface area contributed by atoms with Crippen LogP contribution in [0.1, 0.15) is 28.3 Å². The third-order valence-electron chi connectivity index (χ3n) is 3.96. The molecule has 8 nitrogen and oxygen atoms in total. The zero-order valence-electron chi connectivity index (χ0n) is 14.7. The van der Waals surface area contributed by atoms with Crippen LogP contribution in [-0.4, -0.2) is 28.0 Å². The van der Waals surface area contributed by atoms with E-state index in [4.69, 9.17) is 4.42 Å². The van der Waals surface area contributed by atoms with Gasteiger partial charge in [0.25, 0.3) is 5.91 Å². The highest BCUT2D eigenvalue weighted by atomic mass is 16.3. The van der Waals surface area contributed by atoms with Gasteiger partial charge in [-0.05, 0) is 38.5 Å². The number of fused-ring (bicyclic) bond motifs is 1. The number of carbonyl (C=O) groups is 2. The highest BCUT2D eigenvalue weighted by Gasteiger charge is 2.13. The van der Waals surface area contributed by atoms with Crippen molar-refractivity contribution >= 4 is 23.0 Å². The monoisotopic (exact) mass is 355 g/mol. The predicted molar refractivity (Wildman–Crippen MR) is 96.5 cm³/mol. The maximum absolute atomic E-state index is 12.0. The smallest absolute Gasteiger partial charge is 0.333 e. The molecule has 0 saturated heterocycles. The van der Waals surface area contributed by atoms with Crippen molar-refractivity contribution in [2.75, 3.05) is 6.54 Å². The minimum Gasteiger partial charge on any atom is -0.466 e. The van der Waals surface area contributed by atoms with Gasteiger partial charge in [0.2, 0.25) is 0 Å². The second kappa shape index (κ2) is 7.73. The molecule has 1 aromatic carbocycles. The number of nitrogens with one attached hydrogen (secondary N) is 3. The molecule has 2 aromatic heterocycles. The van der Waals surface area contributed by atoms with Crippen LogP contribution in [0.3, 0.4) is 0 Å². The first-order valence-corrected chi connectivity index (χ1v) is 8.35. The number of para-hydroxylation sites is 2. The van der Waals surface area contributed by atoms with Crippen molar-refractivity contribution in [1.29, 1.82) is 0 Å². The van der Waals surface area contributed by atoms with Crippen molar-refractivity contribution in [2.45, 2.75) is 26.8 Å². The summed E-state index contributed by atoms with van der Waals surface area (Å²) >= 11 is 0. The van der Waals surface area contributed by atoms with Crippen molar-refractivity contribution in [3.8, 4) is 0 Å². The molecule has 3 rings (SSSR count). The third-order valence-corrected chi connectivity index (χ3v) is 3.96. The summed E-state index contributed by atoms with van der Waals surface area (Å²) in [6.07, 6.45) is 2.53. The van der Waals surface area contributed by atoms with Gasteiger partial charge in [-0.2, -0.15) is 0 Å². The van der Waals surface area contributed by atoms with Crippen LogP contribution in [0.5, 0.6) is 0 Å². The van der Waals surface area contributed by atoms with E-state index in [1.54, 1.807) is 26.2 Å². The predicted octanol–water partition coefficient (Wildman–Crippen LogP) is 2.28. The molecule has 3 amide bonds. The molecule has 0 atom stereocenters. The molecule has 3 aromatic rings. The molecule has 0 aliphatic carbocycles.